The lowest BCUT2D eigenvalue weighted by molar-refractivity contribution is -0.384. The molecule has 0 saturated heterocycles. The molecule has 1 aromatic rings. The molecule has 0 aliphatic rings. The molecule has 0 radical (unpaired) electrons. The first-order valence-electron chi connectivity index (χ1n) is 6.72. The summed E-state index contributed by atoms with van der Waals surface area (Å²) in [7, 11) is -8.04. The van der Waals surface area contributed by atoms with Crippen molar-refractivity contribution in [3.8, 4) is 0 Å². The van der Waals surface area contributed by atoms with E-state index in [2.05, 4.69) is 0 Å². The Kier molecular flexibility index (Phi) is 6.84. The molecular weight excluding hydrogens is 349 g/mol. The molecule has 23 heavy (non-hydrogen) atoms. The molecular formula is C12H18NO8PS. The summed E-state index contributed by atoms with van der Waals surface area (Å²) in [6.07, 6.45) is 0. The van der Waals surface area contributed by atoms with Gasteiger partial charge in [0.1, 0.15) is 0 Å². The fraction of sp³-hybridized carbons (Fsp3) is 0.500. The van der Waals surface area contributed by atoms with Crippen LogP contribution in [0.4, 0.5) is 5.69 Å². The number of hydrogen-bond acceptors (Lipinski definition) is 8. The highest BCUT2D eigenvalue weighted by Crippen LogP contribution is 2.53. The van der Waals surface area contributed by atoms with Crippen LogP contribution in [-0.4, -0.2) is 32.4 Å². The summed E-state index contributed by atoms with van der Waals surface area (Å²) >= 11 is 0. The summed E-state index contributed by atoms with van der Waals surface area (Å²) in [5.74, 6) is -1.36. The SMILES string of the molecule is CCOP(=O)(OCC)C(C)OS(=O)(=O)c1ccc([N+](=O)[O-])cc1. The highest BCUT2D eigenvalue weighted by molar-refractivity contribution is 7.87. The monoisotopic (exact) mass is 367 g/mol. The second-order valence-corrected chi connectivity index (χ2v) is 8.17. The van der Waals surface area contributed by atoms with Gasteiger partial charge in [0.2, 0.25) is 0 Å². The van der Waals surface area contributed by atoms with Crippen LogP contribution in [0, 0.1) is 10.1 Å². The lowest BCUT2D eigenvalue weighted by Crippen LogP contribution is -2.18. The number of nitro groups is 1. The van der Waals surface area contributed by atoms with Crippen LogP contribution in [0.15, 0.2) is 29.2 Å². The number of benzene rings is 1. The van der Waals surface area contributed by atoms with Gasteiger partial charge in [0.15, 0.2) is 5.85 Å². The van der Waals surface area contributed by atoms with Crippen LogP contribution in [-0.2, 0) is 27.9 Å². The smallest absolute Gasteiger partial charge is 0.307 e. The van der Waals surface area contributed by atoms with Crippen molar-refractivity contribution >= 4 is 23.4 Å². The molecule has 1 rings (SSSR count). The molecule has 9 nitrogen and oxygen atoms in total. The Balaban J connectivity index is 3.00. The summed E-state index contributed by atoms with van der Waals surface area (Å²) in [6, 6.07) is 4.14. The number of rotatable bonds is 9. The minimum Gasteiger partial charge on any atom is -0.307 e. The molecule has 0 amide bonds. The third-order valence-corrected chi connectivity index (χ3v) is 6.43. The maximum atomic E-state index is 12.4. The Morgan fingerprint density at radius 3 is 2.04 bits per heavy atom. The first-order chi connectivity index (χ1) is 10.7. The van der Waals surface area contributed by atoms with Crippen LogP contribution in [0.3, 0.4) is 0 Å². The molecule has 0 aromatic heterocycles. The summed E-state index contributed by atoms with van der Waals surface area (Å²) in [4.78, 5) is 9.62. The quantitative estimate of drug-likeness (QED) is 0.282. The van der Waals surface area contributed by atoms with Crippen LogP contribution in [0.5, 0.6) is 0 Å². The maximum absolute atomic E-state index is 12.4. The molecule has 0 fully saturated rings. The van der Waals surface area contributed by atoms with Gasteiger partial charge in [-0.3, -0.25) is 18.9 Å². The Morgan fingerprint density at radius 2 is 1.65 bits per heavy atom. The lowest BCUT2D eigenvalue weighted by Gasteiger charge is -2.22. The van der Waals surface area contributed by atoms with Crippen LogP contribution in [0.2, 0.25) is 0 Å². The van der Waals surface area contributed by atoms with Gasteiger partial charge in [-0.1, -0.05) is 0 Å². The van der Waals surface area contributed by atoms with Gasteiger partial charge < -0.3 is 9.05 Å². The average molecular weight is 367 g/mol. The molecule has 130 valence electrons. The van der Waals surface area contributed by atoms with Gasteiger partial charge in [0.05, 0.1) is 23.0 Å². The zero-order chi connectivity index (χ0) is 17.7. The molecule has 0 bridgehead atoms. The van der Waals surface area contributed by atoms with E-state index < -0.39 is 28.5 Å². The first-order valence-corrected chi connectivity index (χ1v) is 9.74. The topological polar surface area (TPSA) is 122 Å². The standard InChI is InChI=1S/C12H18NO8PS/c1-4-19-22(16,20-5-2)10(3)21-23(17,18)12-8-6-11(7-9-12)13(14)15/h6-10H,4-5H2,1-3H3. The van der Waals surface area contributed by atoms with Crippen LogP contribution in [0.25, 0.3) is 0 Å². The van der Waals surface area contributed by atoms with E-state index in [-0.39, 0.29) is 23.8 Å². The third kappa shape index (κ3) is 5.08. The van der Waals surface area contributed by atoms with Crippen molar-refractivity contribution in [2.45, 2.75) is 31.5 Å². The molecule has 0 spiro atoms. The number of nitro benzene ring substituents is 1. The van der Waals surface area contributed by atoms with E-state index in [1.165, 1.54) is 6.92 Å². The van der Waals surface area contributed by atoms with Gasteiger partial charge in [0.25, 0.3) is 15.8 Å². The van der Waals surface area contributed by atoms with E-state index in [1.54, 1.807) is 13.8 Å². The maximum Gasteiger partial charge on any atom is 0.360 e. The summed E-state index contributed by atoms with van der Waals surface area (Å²) in [5, 5.41) is 10.6. The zero-order valence-corrected chi connectivity index (χ0v) is 14.6. The Bertz CT molecular complexity index is 678. The van der Waals surface area contributed by atoms with E-state index in [1.807, 2.05) is 0 Å². The van der Waals surface area contributed by atoms with Gasteiger partial charge >= 0.3 is 7.60 Å². The lowest BCUT2D eigenvalue weighted by atomic mass is 10.3. The van der Waals surface area contributed by atoms with Gasteiger partial charge in [0, 0.05) is 12.1 Å². The average Bonchev–Trinajstić information content (AvgIpc) is 2.47. The van der Waals surface area contributed by atoms with Crippen molar-refractivity contribution in [3.63, 3.8) is 0 Å². The normalized spacial score (nSPS) is 13.7. The van der Waals surface area contributed by atoms with Gasteiger partial charge in [-0.25, -0.2) is 0 Å². The van der Waals surface area contributed by atoms with Crippen LogP contribution < -0.4 is 0 Å². The van der Waals surface area contributed by atoms with Crippen molar-refractivity contribution < 1.29 is 31.1 Å². The van der Waals surface area contributed by atoms with Gasteiger partial charge in [-0.05, 0) is 32.9 Å². The first kappa shape index (κ1) is 19.7. The largest absolute Gasteiger partial charge is 0.360 e. The van der Waals surface area contributed by atoms with Crippen molar-refractivity contribution in [3.05, 3.63) is 34.4 Å². The second kappa shape index (κ2) is 7.98. The number of non-ortho nitro benzene ring substituents is 1. The van der Waals surface area contributed by atoms with Crippen molar-refractivity contribution in [1.29, 1.82) is 0 Å². The Labute approximate surface area is 134 Å². The van der Waals surface area contributed by atoms with Gasteiger partial charge in [-0.2, -0.15) is 8.42 Å². The highest BCUT2D eigenvalue weighted by atomic mass is 32.2. The molecule has 0 aliphatic carbocycles. The molecule has 11 heteroatoms. The molecule has 1 unspecified atom stereocenters. The molecule has 0 N–H and O–H groups in total. The molecule has 1 aromatic carbocycles. The molecule has 0 aliphatic heterocycles. The van der Waals surface area contributed by atoms with Gasteiger partial charge in [-0.15, -0.1) is 0 Å². The zero-order valence-electron chi connectivity index (χ0n) is 12.9. The van der Waals surface area contributed by atoms with Crippen LogP contribution >= 0.6 is 7.60 Å². The summed E-state index contributed by atoms with van der Waals surface area (Å²) in [5.41, 5.74) is -0.258. The predicted molar refractivity (Wildman–Crippen MR) is 81.7 cm³/mol. The molecule has 0 heterocycles. The van der Waals surface area contributed by atoms with E-state index in [0.717, 1.165) is 24.3 Å². The van der Waals surface area contributed by atoms with E-state index in [0.29, 0.717) is 0 Å². The molecule has 1 atom stereocenters. The Hall–Kier alpha value is -1.32. The van der Waals surface area contributed by atoms with E-state index in [4.69, 9.17) is 13.2 Å². The Morgan fingerprint density at radius 1 is 1.17 bits per heavy atom. The highest BCUT2D eigenvalue weighted by Gasteiger charge is 2.37. The fourth-order valence-electron chi connectivity index (χ4n) is 1.63. The number of nitrogens with zero attached hydrogens (tertiary/aromatic N) is 1. The van der Waals surface area contributed by atoms with E-state index >= 15 is 0 Å². The third-order valence-electron chi connectivity index (χ3n) is 2.67. The van der Waals surface area contributed by atoms with Crippen molar-refractivity contribution in [2.75, 3.05) is 13.2 Å². The van der Waals surface area contributed by atoms with Crippen molar-refractivity contribution in [2.24, 2.45) is 0 Å². The van der Waals surface area contributed by atoms with E-state index in [9.17, 15) is 23.1 Å². The number of hydrogen-bond donors (Lipinski definition) is 0. The second-order valence-electron chi connectivity index (χ2n) is 4.28. The summed E-state index contributed by atoms with van der Waals surface area (Å²) < 4.78 is 51.7. The fourth-order valence-corrected chi connectivity index (χ4v) is 4.56. The minimum absolute atomic E-state index is 0.0581. The predicted octanol–water partition coefficient (Wildman–Crippen LogP) is 2.91. The van der Waals surface area contributed by atoms with Crippen molar-refractivity contribution in [1.82, 2.24) is 0 Å². The van der Waals surface area contributed by atoms with Crippen LogP contribution in [0.1, 0.15) is 20.8 Å². The minimum atomic E-state index is -4.28. The summed E-state index contributed by atoms with van der Waals surface area (Å²) in [6.45, 7) is 4.55. The molecule has 0 saturated carbocycles.